The highest BCUT2D eigenvalue weighted by Crippen LogP contribution is 2.28. The molecule has 1 aromatic heterocycles. The molecule has 1 heterocycles. The lowest BCUT2D eigenvalue weighted by Gasteiger charge is -2.11. The average molecular weight is 283 g/mol. The van der Waals surface area contributed by atoms with Crippen molar-refractivity contribution in [2.24, 2.45) is 7.05 Å². The molecule has 6 heteroatoms. The summed E-state index contributed by atoms with van der Waals surface area (Å²) in [5, 5.41) is 14.9. The molecule has 0 bridgehead atoms. The van der Waals surface area contributed by atoms with Crippen LogP contribution in [0.3, 0.4) is 0 Å². The fraction of sp³-hybridized carbons (Fsp3) is 0.133. The van der Waals surface area contributed by atoms with Crippen LogP contribution in [0.2, 0.25) is 0 Å². The van der Waals surface area contributed by atoms with Gasteiger partial charge in [0.05, 0.1) is 0 Å². The minimum Gasteiger partial charge on any atom is -0.485 e. The molecule has 3 rings (SSSR count). The number of aryl methyl sites for hydroxylation is 1. The smallest absolute Gasteiger partial charge is 0.340 e. The van der Waals surface area contributed by atoms with Crippen LogP contribution in [0, 0.1) is 0 Å². The molecule has 0 radical (unpaired) electrons. The predicted molar refractivity (Wildman–Crippen MR) is 76.2 cm³/mol. The van der Waals surface area contributed by atoms with Crippen molar-refractivity contribution in [3.05, 3.63) is 54.1 Å². The van der Waals surface area contributed by atoms with Crippen LogP contribution in [0.25, 0.3) is 10.8 Å². The van der Waals surface area contributed by atoms with E-state index in [0.29, 0.717) is 17.0 Å². The Hall–Kier alpha value is -2.89. The molecule has 2 aromatic carbocycles. The van der Waals surface area contributed by atoms with Crippen molar-refractivity contribution in [1.82, 2.24) is 14.8 Å². The molecular formula is C15H13N3O3. The number of rotatable bonds is 4. The Kier molecular flexibility index (Phi) is 3.27. The van der Waals surface area contributed by atoms with E-state index in [-0.39, 0.29) is 12.2 Å². The topological polar surface area (TPSA) is 77.2 Å². The molecule has 0 aliphatic carbocycles. The van der Waals surface area contributed by atoms with Crippen molar-refractivity contribution in [3.8, 4) is 5.75 Å². The highest BCUT2D eigenvalue weighted by molar-refractivity contribution is 6.06. The zero-order valence-corrected chi connectivity index (χ0v) is 11.4. The molecule has 3 aromatic rings. The molecule has 0 atom stereocenters. The second kappa shape index (κ2) is 5.24. The molecule has 1 N–H and O–H groups in total. The van der Waals surface area contributed by atoms with Gasteiger partial charge in [-0.05, 0) is 16.8 Å². The largest absolute Gasteiger partial charge is 0.485 e. The minimum atomic E-state index is -1.01. The van der Waals surface area contributed by atoms with Crippen LogP contribution in [0.1, 0.15) is 16.2 Å². The van der Waals surface area contributed by atoms with E-state index in [2.05, 4.69) is 10.1 Å². The fourth-order valence-corrected chi connectivity index (χ4v) is 2.19. The summed E-state index contributed by atoms with van der Waals surface area (Å²) in [6.45, 7) is 0.162. The van der Waals surface area contributed by atoms with E-state index in [1.807, 2.05) is 18.2 Å². The van der Waals surface area contributed by atoms with Crippen molar-refractivity contribution in [2.45, 2.75) is 6.61 Å². The number of fused-ring (bicyclic) bond motifs is 1. The molecule has 0 aliphatic rings. The fourth-order valence-electron chi connectivity index (χ4n) is 2.19. The maximum atomic E-state index is 11.6. The Balaban J connectivity index is 2.00. The van der Waals surface area contributed by atoms with Gasteiger partial charge < -0.3 is 9.84 Å². The van der Waals surface area contributed by atoms with Crippen LogP contribution < -0.4 is 4.74 Å². The molecule has 0 aliphatic heterocycles. The first kappa shape index (κ1) is 13.1. The van der Waals surface area contributed by atoms with Gasteiger partial charge in [-0.1, -0.05) is 30.3 Å². The maximum absolute atomic E-state index is 11.6. The summed E-state index contributed by atoms with van der Waals surface area (Å²) in [5.74, 6) is -0.0662. The molecule has 6 nitrogen and oxygen atoms in total. The van der Waals surface area contributed by atoms with Gasteiger partial charge in [0.2, 0.25) is 0 Å². The Labute approximate surface area is 120 Å². The van der Waals surface area contributed by atoms with Crippen molar-refractivity contribution >= 4 is 16.7 Å². The third kappa shape index (κ3) is 2.43. The summed E-state index contributed by atoms with van der Waals surface area (Å²) < 4.78 is 7.21. The van der Waals surface area contributed by atoms with E-state index >= 15 is 0 Å². The maximum Gasteiger partial charge on any atom is 0.340 e. The molecule has 0 amide bonds. The number of aromatic nitrogens is 3. The number of hydrogen-bond donors (Lipinski definition) is 1. The Morgan fingerprint density at radius 1 is 1.29 bits per heavy atom. The lowest BCUT2D eigenvalue weighted by Crippen LogP contribution is -2.08. The molecule has 0 saturated carbocycles. The van der Waals surface area contributed by atoms with Crippen molar-refractivity contribution < 1.29 is 14.6 Å². The van der Waals surface area contributed by atoms with Crippen LogP contribution in [0.15, 0.2) is 42.7 Å². The van der Waals surface area contributed by atoms with Gasteiger partial charge in [0.15, 0.2) is 5.82 Å². The number of carboxylic acids is 1. The normalized spacial score (nSPS) is 10.7. The highest BCUT2D eigenvalue weighted by Gasteiger charge is 2.16. The zero-order chi connectivity index (χ0) is 14.8. The molecule has 0 spiro atoms. The van der Waals surface area contributed by atoms with Gasteiger partial charge in [-0.2, -0.15) is 5.10 Å². The lowest BCUT2D eigenvalue weighted by atomic mass is 10.0. The van der Waals surface area contributed by atoms with Crippen LogP contribution >= 0.6 is 0 Å². The van der Waals surface area contributed by atoms with E-state index in [1.165, 1.54) is 6.33 Å². The van der Waals surface area contributed by atoms with E-state index in [1.54, 1.807) is 29.9 Å². The average Bonchev–Trinajstić information content (AvgIpc) is 2.89. The molecule has 21 heavy (non-hydrogen) atoms. The second-order valence-electron chi connectivity index (χ2n) is 4.55. The van der Waals surface area contributed by atoms with Gasteiger partial charge >= 0.3 is 5.97 Å². The summed E-state index contributed by atoms with van der Waals surface area (Å²) in [6.07, 6.45) is 1.43. The van der Waals surface area contributed by atoms with E-state index in [9.17, 15) is 9.90 Å². The molecular weight excluding hydrogens is 270 g/mol. The first-order valence-electron chi connectivity index (χ1n) is 6.37. The third-order valence-electron chi connectivity index (χ3n) is 3.27. The number of aromatic carboxylic acids is 1. The van der Waals surface area contributed by atoms with E-state index in [4.69, 9.17) is 4.74 Å². The molecule has 106 valence electrons. The molecule has 0 unspecified atom stereocenters. The van der Waals surface area contributed by atoms with Crippen LogP contribution in [0.4, 0.5) is 0 Å². The first-order valence-corrected chi connectivity index (χ1v) is 6.37. The summed E-state index contributed by atoms with van der Waals surface area (Å²) in [4.78, 5) is 15.6. The number of carboxylic acid groups (broad SMARTS) is 1. The van der Waals surface area contributed by atoms with Crippen molar-refractivity contribution in [2.75, 3.05) is 0 Å². The molecule has 0 saturated heterocycles. The van der Waals surface area contributed by atoms with Gasteiger partial charge in [-0.25, -0.2) is 9.78 Å². The molecule has 0 fully saturated rings. The SMILES string of the molecule is Cn1ncnc1COc1ccc2ccccc2c1C(=O)O. The van der Waals surface area contributed by atoms with E-state index in [0.717, 1.165) is 5.39 Å². The third-order valence-corrected chi connectivity index (χ3v) is 3.27. The number of ether oxygens (including phenoxy) is 1. The van der Waals surface area contributed by atoms with Gasteiger partial charge in [0.25, 0.3) is 0 Å². The predicted octanol–water partition coefficient (Wildman–Crippen LogP) is 2.25. The number of benzene rings is 2. The van der Waals surface area contributed by atoms with Gasteiger partial charge in [-0.3, -0.25) is 4.68 Å². The monoisotopic (exact) mass is 283 g/mol. The minimum absolute atomic E-state index is 0.162. The quantitative estimate of drug-likeness (QED) is 0.794. The van der Waals surface area contributed by atoms with Crippen LogP contribution in [0.5, 0.6) is 5.75 Å². The van der Waals surface area contributed by atoms with Gasteiger partial charge in [-0.15, -0.1) is 0 Å². The van der Waals surface area contributed by atoms with Crippen molar-refractivity contribution in [3.63, 3.8) is 0 Å². The van der Waals surface area contributed by atoms with Crippen LogP contribution in [-0.2, 0) is 13.7 Å². The second-order valence-corrected chi connectivity index (χ2v) is 4.55. The van der Waals surface area contributed by atoms with Crippen LogP contribution in [-0.4, -0.2) is 25.8 Å². The van der Waals surface area contributed by atoms with Crippen molar-refractivity contribution in [1.29, 1.82) is 0 Å². The number of hydrogen-bond acceptors (Lipinski definition) is 4. The number of nitrogens with zero attached hydrogens (tertiary/aromatic N) is 3. The summed E-state index contributed by atoms with van der Waals surface area (Å²) >= 11 is 0. The van der Waals surface area contributed by atoms with Gasteiger partial charge in [0, 0.05) is 7.05 Å². The summed E-state index contributed by atoms with van der Waals surface area (Å²) in [5.41, 5.74) is 0.162. The summed E-state index contributed by atoms with van der Waals surface area (Å²) in [7, 11) is 1.75. The zero-order valence-electron chi connectivity index (χ0n) is 11.4. The van der Waals surface area contributed by atoms with E-state index < -0.39 is 5.97 Å². The first-order chi connectivity index (χ1) is 10.2. The highest BCUT2D eigenvalue weighted by atomic mass is 16.5. The Morgan fingerprint density at radius 2 is 2.10 bits per heavy atom. The lowest BCUT2D eigenvalue weighted by molar-refractivity contribution is 0.0694. The summed E-state index contributed by atoms with van der Waals surface area (Å²) in [6, 6.07) is 10.8. The number of carbonyl (C=O) groups is 1. The standard InChI is InChI=1S/C15H13N3O3/c1-18-13(16-9-17-18)8-21-12-7-6-10-4-2-3-5-11(10)14(12)15(19)20/h2-7,9H,8H2,1H3,(H,19,20). The Morgan fingerprint density at radius 3 is 2.81 bits per heavy atom. The van der Waals surface area contributed by atoms with Gasteiger partial charge in [0.1, 0.15) is 24.2 Å². The Bertz CT molecular complexity index is 811.